The van der Waals surface area contributed by atoms with E-state index in [9.17, 15) is 4.79 Å². The van der Waals surface area contributed by atoms with Gasteiger partial charge in [-0.15, -0.1) is 6.42 Å². The molecule has 0 spiro atoms. The minimum Gasteiger partial charge on any atom is -0.480 e. The van der Waals surface area contributed by atoms with Gasteiger partial charge in [-0.1, -0.05) is 18.1 Å². The fourth-order valence-corrected chi connectivity index (χ4v) is 1.03. The number of hydrazone groups is 1. The van der Waals surface area contributed by atoms with E-state index in [1.165, 1.54) is 13.1 Å². The Kier molecular flexibility index (Phi) is 4.61. The lowest BCUT2D eigenvalue weighted by Gasteiger charge is -2.05. The van der Waals surface area contributed by atoms with Crippen LogP contribution in [0.1, 0.15) is 12.5 Å². The van der Waals surface area contributed by atoms with Crippen molar-refractivity contribution in [1.29, 1.82) is 0 Å². The Morgan fingerprint density at radius 2 is 2.38 bits per heavy atom. The topological polar surface area (TPSA) is 50.7 Å². The number of rotatable bonds is 4. The highest BCUT2D eigenvalue weighted by molar-refractivity contribution is 5.84. The van der Waals surface area contributed by atoms with E-state index in [-0.39, 0.29) is 12.5 Å². The lowest BCUT2D eigenvalue weighted by atomic mass is 10.2. The zero-order chi connectivity index (χ0) is 11.8. The first-order chi connectivity index (χ1) is 7.74. The van der Waals surface area contributed by atoms with E-state index in [1.807, 2.05) is 18.2 Å². The Labute approximate surface area is 94.3 Å². The second kappa shape index (κ2) is 6.25. The molecule has 0 radical (unpaired) electrons. The zero-order valence-electron chi connectivity index (χ0n) is 8.93. The van der Waals surface area contributed by atoms with Crippen molar-refractivity contribution in [3.8, 4) is 18.1 Å². The van der Waals surface area contributed by atoms with Gasteiger partial charge in [-0.2, -0.15) is 5.10 Å². The standard InChI is InChI=1S/C12H12N2O2/c1-3-8-16-12-7-5-4-6-11(12)9-13-14-10(2)15/h1,4-7,9H,8H2,2H3,(H,14,15)/b13-9-. The number of ether oxygens (including phenoxy) is 1. The molecule has 4 heteroatoms. The molecule has 0 unspecified atom stereocenters. The molecule has 0 bridgehead atoms. The molecule has 82 valence electrons. The van der Waals surface area contributed by atoms with E-state index >= 15 is 0 Å². The number of hydrogen-bond acceptors (Lipinski definition) is 3. The first kappa shape index (κ1) is 11.8. The molecule has 4 nitrogen and oxygen atoms in total. The SMILES string of the molecule is C#CCOc1ccccc1/C=N\NC(C)=O. The van der Waals surface area contributed by atoms with Gasteiger partial charge in [0.2, 0.25) is 5.91 Å². The average Bonchev–Trinajstić information content (AvgIpc) is 2.27. The van der Waals surface area contributed by atoms with Gasteiger partial charge in [0.15, 0.2) is 0 Å². The molecule has 0 fully saturated rings. The molecular weight excluding hydrogens is 204 g/mol. The van der Waals surface area contributed by atoms with E-state index in [1.54, 1.807) is 6.07 Å². The van der Waals surface area contributed by atoms with Gasteiger partial charge >= 0.3 is 0 Å². The summed E-state index contributed by atoms with van der Waals surface area (Å²) in [6.07, 6.45) is 6.61. The molecular formula is C12H12N2O2. The highest BCUT2D eigenvalue weighted by Gasteiger charge is 1.98. The number of nitrogens with one attached hydrogen (secondary N) is 1. The van der Waals surface area contributed by atoms with Gasteiger partial charge < -0.3 is 4.74 Å². The number of carbonyl (C=O) groups is 1. The molecule has 1 amide bonds. The molecule has 0 atom stereocenters. The monoisotopic (exact) mass is 216 g/mol. The molecule has 1 aromatic rings. The Hall–Kier alpha value is -2.28. The van der Waals surface area contributed by atoms with Gasteiger partial charge in [-0.3, -0.25) is 4.79 Å². The summed E-state index contributed by atoms with van der Waals surface area (Å²) < 4.78 is 5.30. The fraction of sp³-hybridized carbons (Fsp3) is 0.167. The van der Waals surface area contributed by atoms with Crippen LogP contribution in [0, 0.1) is 12.3 Å². The van der Waals surface area contributed by atoms with Gasteiger partial charge in [0.25, 0.3) is 0 Å². The largest absolute Gasteiger partial charge is 0.480 e. The van der Waals surface area contributed by atoms with Crippen molar-refractivity contribution in [3.63, 3.8) is 0 Å². The molecule has 0 aliphatic heterocycles. The number of amides is 1. The van der Waals surface area contributed by atoms with Crippen LogP contribution in [0.15, 0.2) is 29.4 Å². The molecule has 16 heavy (non-hydrogen) atoms. The number of hydrogen-bond donors (Lipinski definition) is 1. The third-order valence-corrected chi connectivity index (χ3v) is 1.66. The molecule has 0 aliphatic carbocycles. The molecule has 1 aromatic carbocycles. The van der Waals surface area contributed by atoms with Gasteiger partial charge in [0, 0.05) is 12.5 Å². The second-order valence-electron chi connectivity index (χ2n) is 2.96. The first-order valence-corrected chi connectivity index (χ1v) is 4.69. The highest BCUT2D eigenvalue weighted by Crippen LogP contribution is 2.15. The normalized spacial score (nSPS) is 9.75. The first-order valence-electron chi connectivity index (χ1n) is 4.69. The Morgan fingerprint density at radius 1 is 1.62 bits per heavy atom. The maximum absolute atomic E-state index is 10.6. The lowest BCUT2D eigenvalue weighted by Crippen LogP contribution is -2.12. The summed E-state index contributed by atoms with van der Waals surface area (Å²) in [5.41, 5.74) is 3.07. The summed E-state index contributed by atoms with van der Waals surface area (Å²) in [4.78, 5) is 10.6. The van der Waals surface area contributed by atoms with Crippen molar-refractivity contribution >= 4 is 12.1 Å². The summed E-state index contributed by atoms with van der Waals surface area (Å²) in [7, 11) is 0. The van der Waals surface area contributed by atoms with Gasteiger partial charge in [-0.25, -0.2) is 5.43 Å². The predicted octanol–water partition coefficient (Wildman–Crippen LogP) is 1.17. The predicted molar refractivity (Wildman–Crippen MR) is 62.2 cm³/mol. The van der Waals surface area contributed by atoms with E-state index in [2.05, 4.69) is 16.4 Å². The molecule has 0 saturated carbocycles. The van der Waals surface area contributed by atoms with Crippen LogP contribution in [-0.2, 0) is 4.79 Å². The Bertz CT molecular complexity index is 433. The van der Waals surface area contributed by atoms with Crippen LogP contribution in [0.4, 0.5) is 0 Å². The average molecular weight is 216 g/mol. The molecule has 1 N–H and O–H groups in total. The molecule has 0 aromatic heterocycles. The minimum atomic E-state index is -0.224. The summed E-state index contributed by atoms with van der Waals surface area (Å²) in [5.74, 6) is 2.79. The fourth-order valence-electron chi connectivity index (χ4n) is 1.03. The van der Waals surface area contributed by atoms with Crippen molar-refractivity contribution in [3.05, 3.63) is 29.8 Å². The van der Waals surface area contributed by atoms with E-state index in [0.717, 1.165) is 5.56 Å². The third-order valence-electron chi connectivity index (χ3n) is 1.66. The quantitative estimate of drug-likeness (QED) is 0.466. The molecule has 0 saturated heterocycles. The summed E-state index contributed by atoms with van der Waals surface area (Å²) in [6, 6.07) is 7.28. The van der Waals surface area contributed by atoms with Crippen LogP contribution < -0.4 is 10.2 Å². The van der Waals surface area contributed by atoms with Crippen molar-refractivity contribution in [2.75, 3.05) is 6.61 Å². The van der Waals surface area contributed by atoms with Crippen molar-refractivity contribution in [2.24, 2.45) is 5.10 Å². The third kappa shape index (κ3) is 3.84. The van der Waals surface area contributed by atoms with Crippen LogP contribution >= 0.6 is 0 Å². The zero-order valence-corrected chi connectivity index (χ0v) is 8.93. The minimum absolute atomic E-state index is 0.199. The van der Waals surface area contributed by atoms with Crippen LogP contribution in [0.25, 0.3) is 0 Å². The summed E-state index contributed by atoms with van der Waals surface area (Å²) in [6.45, 7) is 1.59. The van der Waals surface area contributed by atoms with Gasteiger partial charge in [-0.05, 0) is 12.1 Å². The number of carbonyl (C=O) groups excluding carboxylic acids is 1. The molecule has 1 rings (SSSR count). The maximum Gasteiger partial charge on any atom is 0.236 e. The molecule has 0 heterocycles. The summed E-state index contributed by atoms with van der Waals surface area (Å²) >= 11 is 0. The van der Waals surface area contributed by atoms with Crippen molar-refractivity contribution in [2.45, 2.75) is 6.92 Å². The van der Waals surface area contributed by atoms with E-state index < -0.39 is 0 Å². The van der Waals surface area contributed by atoms with E-state index in [4.69, 9.17) is 11.2 Å². The number of nitrogens with zero attached hydrogens (tertiary/aromatic N) is 1. The van der Waals surface area contributed by atoms with Crippen LogP contribution in [0.3, 0.4) is 0 Å². The van der Waals surface area contributed by atoms with Gasteiger partial charge in [0.05, 0.1) is 6.21 Å². The maximum atomic E-state index is 10.6. The van der Waals surface area contributed by atoms with Crippen LogP contribution in [-0.4, -0.2) is 18.7 Å². The Morgan fingerprint density at radius 3 is 3.06 bits per heavy atom. The molecule has 0 aliphatic rings. The lowest BCUT2D eigenvalue weighted by molar-refractivity contribution is -0.118. The smallest absolute Gasteiger partial charge is 0.236 e. The van der Waals surface area contributed by atoms with Crippen LogP contribution in [0.2, 0.25) is 0 Å². The highest BCUT2D eigenvalue weighted by atomic mass is 16.5. The number of para-hydroxylation sites is 1. The Balaban J connectivity index is 2.74. The van der Waals surface area contributed by atoms with Crippen molar-refractivity contribution in [1.82, 2.24) is 5.43 Å². The van der Waals surface area contributed by atoms with Crippen LogP contribution in [0.5, 0.6) is 5.75 Å². The number of terminal acetylenes is 1. The summed E-state index contributed by atoms with van der Waals surface area (Å²) in [5, 5.41) is 3.75. The second-order valence-corrected chi connectivity index (χ2v) is 2.96. The van der Waals surface area contributed by atoms with Gasteiger partial charge in [0.1, 0.15) is 12.4 Å². The van der Waals surface area contributed by atoms with E-state index in [0.29, 0.717) is 5.75 Å². The van der Waals surface area contributed by atoms with Crippen molar-refractivity contribution < 1.29 is 9.53 Å². The number of benzene rings is 1.